The molecule has 3 amide bonds. The van der Waals surface area contributed by atoms with Crippen LogP contribution in [0.1, 0.15) is 30.5 Å². The zero-order valence-corrected chi connectivity index (χ0v) is 20.4. The molecule has 1 saturated heterocycles. The van der Waals surface area contributed by atoms with E-state index in [-0.39, 0.29) is 24.9 Å². The Kier molecular flexibility index (Phi) is 10.3. The van der Waals surface area contributed by atoms with Crippen molar-refractivity contribution >= 4 is 17.7 Å². The lowest BCUT2D eigenvalue weighted by atomic mass is 9.99. The molecular weight excluding hydrogens is 460 g/mol. The van der Waals surface area contributed by atoms with Crippen LogP contribution in [-0.2, 0) is 27.2 Å². The summed E-state index contributed by atoms with van der Waals surface area (Å²) < 4.78 is 0. The summed E-state index contributed by atoms with van der Waals surface area (Å²) in [6.07, 6.45) is 2.83. The summed E-state index contributed by atoms with van der Waals surface area (Å²) in [5.74, 6) is -1.36. The van der Waals surface area contributed by atoms with Crippen LogP contribution in [0.25, 0.3) is 0 Å². The zero-order chi connectivity index (χ0) is 25.9. The second-order valence-electron chi connectivity index (χ2n) is 9.15. The zero-order valence-electron chi connectivity index (χ0n) is 20.4. The molecule has 36 heavy (non-hydrogen) atoms. The van der Waals surface area contributed by atoms with E-state index in [9.17, 15) is 19.5 Å². The number of aromatic nitrogens is 1. The molecule has 2 unspecified atom stereocenters. The Labute approximate surface area is 211 Å². The van der Waals surface area contributed by atoms with Gasteiger partial charge in [0, 0.05) is 31.4 Å². The molecule has 0 spiro atoms. The molecule has 10 nitrogen and oxygen atoms in total. The number of aliphatic hydroxyl groups is 1. The molecule has 1 aliphatic heterocycles. The van der Waals surface area contributed by atoms with Crippen molar-refractivity contribution in [3.05, 3.63) is 66.0 Å². The molecule has 1 fully saturated rings. The van der Waals surface area contributed by atoms with Gasteiger partial charge in [0.25, 0.3) is 0 Å². The number of pyridine rings is 1. The predicted molar refractivity (Wildman–Crippen MR) is 135 cm³/mol. The molecule has 0 saturated carbocycles. The molecule has 1 aliphatic rings. The number of nitrogens with one attached hydrogen (secondary N) is 2. The van der Waals surface area contributed by atoms with E-state index in [4.69, 9.17) is 11.5 Å². The van der Waals surface area contributed by atoms with Crippen LogP contribution in [0.3, 0.4) is 0 Å². The number of hydrogen-bond donors (Lipinski definition) is 5. The van der Waals surface area contributed by atoms with Gasteiger partial charge in [-0.05, 0) is 43.5 Å². The van der Waals surface area contributed by atoms with Gasteiger partial charge in [-0.2, -0.15) is 0 Å². The fourth-order valence-corrected chi connectivity index (χ4v) is 4.31. The van der Waals surface area contributed by atoms with Gasteiger partial charge in [0.15, 0.2) is 0 Å². The summed E-state index contributed by atoms with van der Waals surface area (Å²) in [4.78, 5) is 43.2. The van der Waals surface area contributed by atoms with E-state index in [0.29, 0.717) is 19.4 Å². The van der Waals surface area contributed by atoms with Crippen LogP contribution in [0.4, 0.5) is 0 Å². The molecule has 2 heterocycles. The number of benzene rings is 1. The van der Waals surface area contributed by atoms with Crippen molar-refractivity contribution < 1.29 is 19.5 Å². The summed E-state index contributed by atoms with van der Waals surface area (Å²) >= 11 is 0. The van der Waals surface area contributed by atoms with E-state index in [2.05, 4.69) is 15.6 Å². The van der Waals surface area contributed by atoms with Crippen LogP contribution in [-0.4, -0.2) is 76.6 Å². The van der Waals surface area contributed by atoms with E-state index in [1.807, 2.05) is 48.5 Å². The van der Waals surface area contributed by atoms with Gasteiger partial charge < -0.3 is 32.1 Å². The van der Waals surface area contributed by atoms with Crippen LogP contribution < -0.4 is 22.1 Å². The van der Waals surface area contributed by atoms with E-state index >= 15 is 0 Å². The molecule has 10 heteroatoms. The van der Waals surface area contributed by atoms with Crippen molar-refractivity contribution in [3.63, 3.8) is 0 Å². The summed E-state index contributed by atoms with van der Waals surface area (Å²) in [7, 11) is 0. The van der Waals surface area contributed by atoms with Crippen molar-refractivity contribution in [2.24, 2.45) is 11.5 Å². The summed E-state index contributed by atoms with van der Waals surface area (Å²) in [6.45, 7) is 1.17. The lowest BCUT2D eigenvalue weighted by Gasteiger charge is -2.32. The van der Waals surface area contributed by atoms with Crippen LogP contribution in [0.2, 0.25) is 0 Å². The second-order valence-corrected chi connectivity index (χ2v) is 9.15. The monoisotopic (exact) mass is 496 g/mol. The van der Waals surface area contributed by atoms with Gasteiger partial charge >= 0.3 is 0 Å². The molecule has 3 rings (SSSR count). The van der Waals surface area contributed by atoms with Crippen molar-refractivity contribution in [2.75, 3.05) is 19.6 Å². The number of amides is 3. The van der Waals surface area contributed by atoms with Gasteiger partial charge in [-0.15, -0.1) is 0 Å². The summed E-state index contributed by atoms with van der Waals surface area (Å²) in [5.41, 5.74) is 12.8. The Morgan fingerprint density at radius 3 is 2.56 bits per heavy atom. The lowest BCUT2D eigenvalue weighted by molar-refractivity contribution is -0.135. The van der Waals surface area contributed by atoms with E-state index in [1.54, 1.807) is 11.1 Å². The minimum absolute atomic E-state index is 0.0205. The van der Waals surface area contributed by atoms with Gasteiger partial charge in [-0.1, -0.05) is 36.4 Å². The third kappa shape index (κ3) is 8.40. The van der Waals surface area contributed by atoms with E-state index in [0.717, 1.165) is 30.6 Å². The first-order valence-corrected chi connectivity index (χ1v) is 12.3. The molecule has 1 aromatic heterocycles. The van der Waals surface area contributed by atoms with Crippen LogP contribution >= 0.6 is 0 Å². The predicted octanol–water partition coefficient (Wildman–Crippen LogP) is -0.504. The maximum atomic E-state index is 13.3. The smallest absolute Gasteiger partial charge is 0.239 e. The van der Waals surface area contributed by atoms with Crippen LogP contribution in [0.15, 0.2) is 54.7 Å². The van der Waals surface area contributed by atoms with Crippen molar-refractivity contribution in [1.29, 1.82) is 0 Å². The highest BCUT2D eigenvalue weighted by Gasteiger charge is 2.31. The molecule has 7 N–H and O–H groups in total. The third-order valence-electron chi connectivity index (χ3n) is 6.29. The number of primary amides is 1. The topological polar surface area (TPSA) is 164 Å². The quantitative estimate of drug-likeness (QED) is 0.249. The van der Waals surface area contributed by atoms with Gasteiger partial charge in [-0.25, -0.2) is 0 Å². The van der Waals surface area contributed by atoms with Crippen LogP contribution in [0.5, 0.6) is 0 Å². The number of aliphatic hydroxyl groups excluding tert-OH is 1. The largest absolute Gasteiger partial charge is 0.389 e. The second kappa shape index (κ2) is 13.7. The van der Waals surface area contributed by atoms with Crippen molar-refractivity contribution in [2.45, 2.75) is 56.3 Å². The maximum Gasteiger partial charge on any atom is 0.239 e. The van der Waals surface area contributed by atoms with Crippen LogP contribution in [0, 0.1) is 0 Å². The molecule has 0 bridgehead atoms. The van der Waals surface area contributed by atoms with Gasteiger partial charge in [0.2, 0.25) is 17.7 Å². The molecule has 4 atom stereocenters. The number of carbonyl (C=O) groups excluding carboxylic acids is 3. The first-order chi connectivity index (χ1) is 17.3. The maximum absolute atomic E-state index is 13.3. The molecule has 2 aromatic rings. The average molecular weight is 497 g/mol. The third-order valence-corrected chi connectivity index (χ3v) is 6.29. The highest BCUT2D eigenvalue weighted by molar-refractivity contribution is 5.87. The Bertz CT molecular complexity index is 984. The van der Waals surface area contributed by atoms with Gasteiger partial charge in [0.1, 0.15) is 0 Å². The number of hydrogen-bond acceptors (Lipinski definition) is 7. The fraction of sp³-hybridized carbons (Fsp3) is 0.462. The summed E-state index contributed by atoms with van der Waals surface area (Å²) in [5, 5.41) is 17.3. The first kappa shape index (κ1) is 27.3. The highest BCUT2D eigenvalue weighted by atomic mass is 16.3. The van der Waals surface area contributed by atoms with E-state index in [1.165, 1.54) is 0 Å². The molecule has 1 aromatic carbocycles. The highest BCUT2D eigenvalue weighted by Crippen LogP contribution is 2.13. The van der Waals surface area contributed by atoms with Crippen molar-refractivity contribution in [1.82, 2.24) is 20.5 Å². The molecular formula is C26H36N6O4. The minimum atomic E-state index is -1.13. The average Bonchev–Trinajstić information content (AvgIpc) is 3.41. The Morgan fingerprint density at radius 1 is 1.17 bits per heavy atom. The standard InChI is InChI=1S/C26H36N6O4/c27-20(16-24(28)34)25(35)31-22(15-18-7-2-1-3-8-18)23(33)17-32(26(36)21-10-6-13-30-21)14-11-19-9-4-5-12-29-19/h1-5,7-9,12,20-23,30,33H,6,10-11,13-17,27H2,(H2,28,34)(H,31,35)/t20-,21-,22?,23?/m0/s1. The Hall–Kier alpha value is -3.34. The van der Waals surface area contributed by atoms with Crippen molar-refractivity contribution in [3.8, 4) is 0 Å². The Balaban J connectivity index is 1.75. The fourth-order valence-electron chi connectivity index (χ4n) is 4.31. The minimum Gasteiger partial charge on any atom is -0.389 e. The van der Waals surface area contributed by atoms with E-state index < -0.39 is 30.0 Å². The number of nitrogens with zero attached hydrogens (tertiary/aromatic N) is 2. The number of rotatable bonds is 13. The first-order valence-electron chi connectivity index (χ1n) is 12.3. The lowest BCUT2D eigenvalue weighted by Crippen LogP contribution is -2.55. The SMILES string of the molecule is NC(=O)C[C@H](N)C(=O)NC(Cc1ccccc1)C(O)CN(CCc1ccccn1)C(=O)[C@@H]1CCCN1. The molecule has 0 aliphatic carbocycles. The Morgan fingerprint density at radius 2 is 1.92 bits per heavy atom. The van der Waals surface area contributed by atoms with Gasteiger partial charge in [-0.3, -0.25) is 19.4 Å². The molecule has 194 valence electrons. The molecule has 0 radical (unpaired) electrons. The number of nitrogens with two attached hydrogens (primary N) is 2. The number of carbonyl (C=O) groups is 3. The van der Waals surface area contributed by atoms with Gasteiger partial charge in [0.05, 0.1) is 30.7 Å². The summed E-state index contributed by atoms with van der Waals surface area (Å²) in [6, 6.07) is 12.9. The normalized spacial score (nSPS) is 17.7.